The molecule has 2 aromatic heterocycles. The Balaban J connectivity index is 2.30. The van der Waals surface area contributed by atoms with Crippen LogP contribution >= 0.6 is 11.8 Å². The van der Waals surface area contributed by atoms with Crippen LogP contribution in [-0.2, 0) is 0 Å². The Morgan fingerprint density at radius 1 is 1.00 bits per heavy atom. The summed E-state index contributed by atoms with van der Waals surface area (Å²) in [6, 6.07) is 1.93. The van der Waals surface area contributed by atoms with Gasteiger partial charge in [0.25, 0.3) is 0 Å². The number of aryl methyl sites for hydroxylation is 3. The molecule has 0 fully saturated rings. The van der Waals surface area contributed by atoms with Gasteiger partial charge in [0.1, 0.15) is 16.7 Å². The van der Waals surface area contributed by atoms with Gasteiger partial charge in [-0.1, -0.05) is 0 Å². The highest BCUT2D eigenvalue weighted by atomic mass is 32.2. The maximum absolute atomic E-state index is 4.51. The third-order valence-corrected chi connectivity index (χ3v) is 3.76. The highest BCUT2D eigenvalue weighted by molar-refractivity contribution is 7.99. The standard InChI is InChI=1S/C14H19N5S/c1-6-15-12-7-13(19-11(5)18-12)20-14-16-9(3)8(2)10(4)17-14/h7H,6H2,1-5H3,(H,15,18,19). The van der Waals surface area contributed by atoms with Gasteiger partial charge in [0.05, 0.1) is 0 Å². The molecular formula is C14H19N5S. The van der Waals surface area contributed by atoms with Crippen molar-refractivity contribution >= 4 is 17.6 Å². The van der Waals surface area contributed by atoms with E-state index in [4.69, 9.17) is 0 Å². The molecule has 0 amide bonds. The van der Waals surface area contributed by atoms with Crippen molar-refractivity contribution in [3.05, 3.63) is 28.8 Å². The molecule has 0 unspecified atom stereocenters. The van der Waals surface area contributed by atoms with Crippen LogP contribution < -0.4 is 5.32 Å². The monoisotopic (exact) mass is 289 g/mol. The van der Waals surface area contributed by atoms with Gasteiger partial charge in [0.15, 0.2) is 5.16 Å². The lowest BCUT2D eigenvalue weighted by Crippen LogP contribution is -2.03. The normalized spacial score (nSPS) is 10.7. The van der Waals surface area contributed by atoms with Crippen molar-refractivity contribution in [1.29, 1.82) is 0 Å². The third kappa shape index (κ3) is 3.45. The Bertz CT molecular complexity index is 604. The smallest absolute Gasteiger partial charge is 0.194 e. The molecule has 0 spiro atoms. The number of nitrogens with one attached hydrogen (secondary N) is 1. The van der Waals surface area contributed by atoms with Crippen LogP contribution in [0.2, 0.25) is 0 Å². The zero-order valence-corrected chi connectivity index (χ0v) is 13.3. The second kappa shape index (κ2) is 6.17. The minimum atomic E-state index is 0.728. The zero-order chi connectivity index (χ0) is 14.7. The summed E-state index contributed by atoms with van der Waals surface area (Å²) < 4.78 is 0. The first-order valence-electron chi connectivity index (χ1n) is 6.59. The summed E-state index contributed by atoms with van der Waals surface area (Å²) in [6.45, 7) is 10.8. The number of rotatable bonds is 4. The van der Waals surface area contributed by atoms with Crippen molar-refractivity contribution in [3.8, 4) is 0 Å². The molecule has 1 N–H and O–H groups in total. The molecule has 0 bridgehead atoms. The van der Waals surface area contributed by atoms with Gasteiger partial charge in [-0.25, -0.2) is 19.9 Å². The van der Waals surface area contributed by atoms with Gasteiger partial charge in [0, 0.05) is 24.0 Å². The molecule has 5 nitrogen and oxygen atoms in total. The summed E-state index contributed by atoms with van der Waals surface area (Å²) in [4.78, 5) is 17.8. The largest absolute Gasteiger partial charge is 0.370 e. The van der Waals surface area contributed by atoms with Crippen LogP contribution in [-0.4, -0.2) is 26.5 Å². The second-order valence-electron chi connectivity index (χ2n) is 4.57. The van der Waals surface area contributed by atoms with Gasteiger partial charge in [-0.3, -0.25) is 0 Å². The number of anilines is 1. The average Bonchev–Trinajstić information content (AvgIpc) is 2.35. The second-order valence-corrected chi connectivity index (χ2v) is 5.56. The van der Waals surface area contributed by atoms with Crippen molar-refractivity contribution in [3.63, 3.8) is 0 Å². The first-order valence-corrected chi connectivity index (χ1v) is 7.40. The maximum Gasteiger partial charge on any atom is 0.194 e. The fourth-order valence-corrected chi connectivity index (χ4v) is 2.65. The van der Waals surface area contributed by atoms with Gasteiger partial charge in [-0.15, -0.1) is 0 Å². The summed E-state index contributed by atoms with van der Waals surface area (Å²) in [7, 11) is 0. The van der Waals surface area contributed by atoms with E-state index in [0.29, 0.717) is 0 Å². The van der Waals surface area contributed by atoms with Gasteiger partial charge >= 0.3 is 0 Å². The molecule has 2 aromatic rings. The number of nitrogens with zero attached hydrogens (tertiary/aromatic N) is 4. The van der Waals surface area contributed by atoms with E-state index in [1.165, 1.54) is 11.8 Å². The maximum atomic E-state index is 4.51. The molecule has 0 saturated carbocycles. The molecule has 0 aliphatic rings. The van der Waals surface area contributed by atoms with Crippen molar-refractivity contribution in [2.75, 3.05) is 11.9 Å². The Kier molecular flexibility index (Phi) is 4.54. The van der Waals surface area contributed by atoms with Crippen molar-refractivity contribution < 1.29 is 0 Å². The van der Waals surface area contributed by atoms with E-state index in [1.54, 1.807) is 0 Å². The third-order valence-electron chi connectivity index (χ3n) is 2.98. The molecule has 106 valence electrons. The van der Waals surface area contributed by atoms with Crippen LogP contribution in [0.5, 0.6) is 0 Å². The molecule has 20 heavy (non-hydrogen) atoms. The van der Waals surface area contributed by atoms with Gasteiger partial charge in [0.2, 0.25) is 0 Å². The van der Waals surface area contributed by atoms with Crippen LogP contribution in [0.15, 0.2) is 16.2 Å². The number of hydrogen-bond acceptors (Lipinski definition) is 6. The lowest BCUT2D eigenvalue weighted by atomic mass is 10.2. The summed E-state index contributed by atoms with van der Waals surface area (Å²) in [5, 5.41) is 4.79. The van der Waals surface area contributed by atoms with Gasteiger partial charge in [-0.05, 0) is 51.9 Å². The molecule has 0 aliphatic heterocycles. The quantitative estimate of drug-likeness (QED) is 0.689. The Hall–Kier alpha value is -1.69. The van der Waals surface area contributed by atoms with Gasteiger partial charge < -0.3 is 5.32 Å². The van der Waals surface area contributed by atoms with E-state index in [1.807, 2.05) is 40.7 Å². The highest BCUT2D eigenvalue weighted by Gasteiger charge is 2.09. The molecule has 0 atom stereocenters. The summed E-state index contributed by atoms with van der Waals surface area (Å²) in [5.41, 5.74) is 3.16. The Morgan fingerprint density at radius 2 is 1.65 bits per heavy atom. The fourth-order valence-electron chi connectivity index (χ4n) is 1.74. The molecule has 0 radical (unpaired) electrons. The molecule has 0 saturated heterocycles. The zero-order valence-electron chi connectivity index (χ0n) is 12.5. The lowest BCUT2D eigenvalue weighted by Gasteiger charge is -2.08. The number of aromatic nitrogens is 4. The van der Waals surface area contributed by atoms with Crippen LogP contribution in [0.3, 0.4) is 0 Å². The molecule has 6 heteroatoms. The van der Waals surface area contributed by atoms with E-state index in [9.17, 15) is 0 Å². The summed E-state index contributed by atoms with van der Waals surface area (Å²) >= 11 is 1.47. The lowest BCUT2D eigenvalue weighted by molar-refractivity contribution is 0.874. The molecular weight excluding hydrogens is 270 g/mol. The predicted molar refractivity (Wildman–Crippen MR) is 81.3 cm³/mol. The van der Waals surface area contributed by atoms with E-state index < -0.39 is 0 Å². The van der Waals surface area contributed by atoms with Gasteiger partial charge in [-0.2, -0.15) is 0 Å². The van der Waals surface area contributed by atoms with E-state index in [2.05, 4.69) is 25.3 Å². The van der Waals surface area contributed by atoms with E-state index in [0.717, 1.165) is 45.3 Å². The minimum Gasteiger partial charge on any atom is -0.370 e. The van der Waals surface area contributed by atoms with Crippen molar-refractivity contribution in [1.82, 2.24) is 19.9 Å². The first kappa shape index (κ1) is 14.7. The predicted octanol–water partition coefficient (Wildman–Crippen LogP) is 3.08. The number of hydrogen-bond donors (Lipinski definition) is 1. The molecule has 2 rings (SSSR count). The summed E-state index contributed by atoms with van der Waals surface area (Å²) in [6.07, 6.45) is 0. The van der Waals surface area contributed by atoms with E-state index in [-0.39, 0.29) is 0 Å². The minimum absolute atomic E-state index is 0.728. The Morgan fingerprint density at radius 3 is 2.25 bits per heavy atom. The summed E-state index contributed by atoms with van der Waals surface area (Å²) in [5.74, 6) is 1.58. The topological polar surface area (TPSA) is 63.6 Å². The Labute approximate surface area is 123 Å². The van der Waals surface area contributed by atoms with Crippen molar-refractivity contribution in [2.45, 2.75) is 44.8 Å². The van der Waals surface area contributed by atoms with Crippen LogP contribution in [0.25, 0.3) is 0 Å². The molecule has 2 heterocycles. The fraction of sp³-hybridized carbons (Fsp3) is 0.429. The van der Waals surface area contributed by atoms with Crippen LogP contribution in [0.4, 0.5) is 5.82 Å². The van der Waals surface area contributed by atoms with Crippen LogP contribution in [0, 0.1) is 27.7 Å². The van der Waals surface area contributed by atoms with Crippen molar-refractivity contribution in [2.24, 2.45) is 0 Å². The van der Waals surface area contributed by atoms with E-state index >= 15 is 0 Å². The molecule has 0 aromatic carbocycles. The SMILES string of the molecule is CCNc1cc(Sc2nc(C)c(C)c(C)n2)nc(C)n1. The average molecular weight is 289 g/mol. The highest BCUT2D eigenvalue weighted by Crippen LogP contribution is 2.25. The van der Waals surface area contributed by atoms with Crippen LogP contribution in [0.1, 0.15) is 29.7 Å². The first-order chi connectivity index (χ1) is 9.49. The molecule has 0 aliphatic carbocycles.